The van der Waals surface area contributed by atoms with Crippen LogP contribution in [0, 0.1) is 3.57 Å². The van der Waals surface area contributed by atoms with Gasteiger partial charge in [-0.1, -0.05) is 34.8 Å². The molecule has 0 bridgehead atoms. The molecule has 19 heavy (non-hydrogen) atoms. The number of benzene rings is 1. The van der Waals surface area contributed by atoms with Gasteiger partial charge in [0.05, 0.1) is 10.5 Å². The van der Waals surface area contributed by atoms with Gasteiger partial charge in [-0.05, 0) is 46.9 Å². The maximum absolute atomic E-state index is 6.01. The quantitative estimate of drug-likeness (QED) is 0.432. The Labute approximate surface area is 137 Å². The molecule has 0 atom stereocenters. The van der Waals surface area contributed by atoms with Crippen LogP contribution >= 0.6 is 57.4 Å². The van der Waals surface area contributed by atoms with Crippen molar-refractivity contribution in [1.29, 1.82) is 0 Å². The van der Waals surface area contributed by atoms with Crippen LogP contribution in [-0.2, 0) is 0 Å². The Hall–Kier alpha value is -0.560. The molecule has 1 N–H and O–H groups in total. The van der Waals surface area contributed by atoms with Crippen LogP contribution in [0.15, 0.2) is 24.3 Å². The van der Waals surface area contributed by atoms with E-state index in [-0.39, 0.29) is 5.15 Å². The van der Waals surface area contributed by atoms with Gasteiger partial charge in [0.15, 0.2) is 5.65 Å². The first-order valence-electron chi connectivity index (χ1n) is 5.22. The summed E-state index contributed by atoms with van der Waals surface area (Å²) in [6, 6.07) is 7.32. The van der Waals surface area contributed by atoms with Crippen molar-refractivity contribution in [2.75, 3.05) is 0 Å². The van der Waals surface area contributed by atoms with Crippen LogP contribution in [0.1, 0.15) is 0 Å². The van der Waals surface area contributed by atoms with Gasteiger partial charge in [0, 0.05) is 14.2 Å². The predicted molar refractivity (Wildman–Crippen MR) is 87.1 cm³/mol. The number of nitrogens with one attached hydrogen (secondary N) is 1. The molecule has 2 heterocycles. The zero-order valence-corrected chi connectivity index (χ0v) is 13.6. The van der Waals surface area contributed by atoms with Crippen LogP contribution in [0.3, 0.4) is 0 Å². The topological polar surface area (TPSA) is 41.6 Å². The van der Waals surface area contributed by atoms with Crippen molar-refractivity contribution >= 4 is 68.6 Å². The van der Waals surface area contributed by atoms with E-state index in [0.29, 0.717) is 21.5 Å². The maximum Gasteiger partial charge on any atom is 0.179 e. The lowest BCUT2D eigenvalue weighted by Crippen LogP contribution is -1.85. The SMILES string of the molecule is Clc1ccc(I)c(-c2nc3nc(Cl)c(Cl)cc3[nH]2)c1. The average Bonchev–Trinajstić information content (AvgIpc) is 2.75. The van der Waals surface area contributed by atoms with Gasteiger partial charge in [-0.3, -0.25) is 0 Å². The van der Waals surface area contributed by atoms with E-state index < -0.39 is 0 Å². The number of rotatable bonds is 1. The Morgan fingerprint density at radius 1 is 1.05 bits per heavy atom. The Morgan fingerprint density at radius 3 is 2.63 bits per heavy atom. The minimum absolute atomic E-state index is 0.244. The molecule has 3 aromatic rings. The number of pyridine rings is 1. The predicted octanol–water partition coefficient (Wildman–Crippen LogP) is 5.19. The molecular weight excluding hydrogens is 419 g/mol. The highest BCUT2D eigenvalue weighted by atomic mass is 127. The smallest absolute Gasteiger partial charge is 0.179 e. The van der Waals surface area contributed by atoms with E-state index in [1.165, 1.54) is 0 Å². The monoisotopic (exact) mass is 423 g/mol. The van der Waals surface area contributed by atoms with E-state index in [0.717, 1.165) is 14.7 Å². The summed E-state index contributed by atoms with van der Waals surface area (Å²) in [5.41, 5.74) is 2.18. The average molecular weight is 424 g/mol. The van der Waals surface area contributed by atoms with Crippen molar-refractivity contribution < 1.29 is 0 Å². The van der Waals surface area contributed by atoms with E-state index >= 15 is 0 Å². The van der Waals surface area contributed by atoms with Crippen LogP contribution in [0.5, 0.6) is 0 Å². The fraction of sp³-hybridized carbons (Fsp3) is 0. The number of hydrogen-bond donors (Lipinski definition) is 1. The largest absolute Gasteiger partial charge is 0.336 e. The molecule has 3 nitrogen and oxygen atoms in total. The summed E-state index contributed by atoms with van der Waals surface area (Å²) < 4.78 is 1.04. The third-order valence-electron chi connectivity index (χ3n) is 2.57. The summed E-state index contributed by atoms with van der Waals surface area (Å²) in [5.74, 6) is 0.688. The molecule has 3 rings (SSSR count). The highest BCUT2D eigenvalue weighted by Crippen LogP contribution is 2.29. The number of aromatic amines is 1. The zero-order valence-electron chi connectivity index (χ0n) is 9.22. The summed E-state index contributed by atoms with van der Waals surface area (Å²) in [5, 5.41) is 1.29. The molecule has 0 amide bonds. The molecule has 0 aliphatic rings. The molecule has 96 valence electrons. The zero-order chi connectivity index (χ0) is 13.6. The summed E-state index contributed by atoms with van der Waals surface area (Å²) >= 11 is 20.1. The van der Waals surface area contributed by atoms with E-state index in [1.807, 2.05) is 18.2 Å². The van der Waals surface area contributed by atoms with Gasteiger partial charge < -0.3 is 4.98 Å². The molecule has 0 unspecified atom stereocenters. The number of H-pyrrole nitrogens is 1. The van der Waals surface area contributed by atoms with E-state index in [9.17, 15) is 0 Å². The van der Waals surface area contributed by atoms with Crippen LogP contribution in [0.2, 0.25) is 15.2 Å². The van der Waals surface area contributed by atoms with Crippen LogP contribution in [-0.4, -0.2) is 15.0 Å². The number of hydrogen-bond acceptors (Lipinski definition) is 2. The second kappa shape index (κ2) is 5.09. The maximum atomic E-state index is 6.01. The lowest BCUT2D eigenvalue weighted by atomic mass is 10.2. The molecule has 0 aliphatic carbocycles. The number of halogens is 4. The van der Waals surface area contributed by atoms with Gasteiger partial charge in [-0.2, -0.15) is 0 Å². The summed E-state index contributed by atoms with van der Waals surface area (Å²) in [6.45, 7) is 0. The highest BCUT2D eigenvalue weighted by molar-refractivity contribution is 14.1. The van der Waals surface area contributed by atoms with Crippen molar-refractivity contribution in [1.82, 2.24) is 15.0 Å². The Morgan fingerprint density at radius 2 is 1.84 bits per heavy atom. The molecular formula is C12H5Cl3IN3. The van der Waals surface area contributed by atoms with Gasteiger partial charge in [-0.25, -0.2) is 9.97 Å². The molecule has 0 radical (unpaired) electrons. The van der Waals surface area contributed by atoms with Gasteiger partial charge in [0.1, 0.15) is 11.0 Å². The Bertz CT molecular complexity index is 746. The molecule has 0 saturated carbocycles. The standard InChI is InChI=1S/C12H5Cl3IN3/c13-5-1-2-8(16)6(3-5)11-17-9-4-7(14)10(15)18-12(9)19-11/h1-4H,(H,17,18,19). The first-order chi connectivity index (χ1) is 9.04. The van der Waals surface area contributed by atoms with Crippen molar-refractivity contribution in [2.24, 2.45) is 0 Å². The minimum Gasteiger partial charge on any atom is -0.336 e. The molecule has 0 fully saturated rings. The number of fused-ring (bicyclic) bond motifs is 1. The first-order valence-corrected chi connectivity index (χ1v) is 7.43. The van der Waals surface area contributed by atoms with E-state index in [1.54, 1.807) is 6.07 Å². The third kappa shape index (κ3) is 2.54. The van der Waals surface area contributed by atoms with Crippen molar-refractivity contribution in [2.45, 2.75) is 0 Å². The lowest BCUT2D eigenvalue weighted by molar-refractivity contribution is 1.30. The van der Waals surface area contributed by atoms with Gasteiger partial charge in [-0.15, -0.1) is 0 Å². The lowest BCUT2D eigenvalue weighted by Gasteiger charge is -2.00. The summed E-state index contributed by atoms with van der Waals surface area (Å²) in [7, 11) is 0. The first kappa shape index (κ1) is 13.4. The molecule has 0 spiro atoms. The second-order valence-electron chi connectivity index (χ2n) is 3.84. The number of nitrogens with zero attached hydrogens (tertiary/aromatic N) is 2. The number of aromatic nitrogens is 3. The molecule has 0 aliphatic heterocycles. The van der Waals surface area contributed by atoms with E-state index in [2.05, 4.69) is 37.5 Å². The molecule has 7 heteroatoms. The van der Waals surface area contributed by atoms with Crippen LogP contribution in [0.25, 0.3) is 22.6 Å². The Kier molecular flexibility index (Phi) is 3.59. The third-order valence-corrected chi connectivity index (χ3v) is 4.42. The fourth-order valence-corrected chi connectivity index (χ4v) is 2.75. The minimum atomic E-state index is 0.244. The van der Waals surface area contributed by atoms with Crippen LogP contribution in [0.4, 0.5) is 0 Å². The fourth-order valence-electron chi connectivity index (χ4n) is 1.70. The van der Waals surface area contributed by atoms with Gasteiger partial charge in [0.2, 0.25) is 0 Å². The van der Waals surface area contributed by atoms with Gasteiger partial charge >= 0.3 is 0 Å². The van der Waals surface area contributed by atoms with Crippen LogP contribution < -0.4 is 0 Å². The highest BCUT2D eigenvalue weighted by Gasteiger charge is 2.12. The number of imidazole rings is 1. The van der Waals surface area contributed by atoms with Crippen molar-refractivity contribution in [3.05, 3.63) is 43.0 Å². The molecule has 0 saturated heterocycles. The Balaban J connectivity index is 2.23. The second-order valence-corrected chi connectivity index (χ2v) is 6.21. The molecule has 2 aromatic heterocycles. The van der Waals surface area contributed by atoms with Gasteiger partial charge in [0.25, 0.3) is 0 Å². The summed E-state index contributed by atoms with van der Waals surface area (Å²) in [6.07, 6.45) is 0. The normalized spacial score (nSPS) is 11.2. The summed E-state index contributed by atoms with van der Waals surface area (Å²) in [4.78, 5) is 11.7. The van der Waals surface area contributed by atoms with E-state index in [4.69, 9.17) is 34.8 Å². The van der Waals surface area contributed by atoms with Crippen molar-refractivity contribution in [3.63, 3.8) is 0 Å². The molecule has 1 aromatic carbocycles. The van der Waals surface area contributed by atoms with Crippen molar-refractivity contribution in [3.8, 4) is 11.4 Å².